The lowest BCUT2D eigenvalue weighted by Gasteiger charge is -2.28. The van der Waals surface area contributed by atoms with Gasteiger partial charge >= 0.3 is 0 Å². The molecule has 0 aliphatic carbocycles. The van der Waals surface area contributed by atoms with Crippen molar-refractivity contribution >= 4 is 18.1 Å². The van der Waals surface area contributed by atoms with Crippen molar-refractivity contribution in [2.45, 2.75) is 53.6 Å². The van der Waals surface area contributed by atoms with Gasteiger partial charge in [0.15, 0.2) is 10.6 Å². The van der Waals surface area contributed by atoms with Crippen LogP contribution >= 0.6 is 12.2 Å². The van der Waals surface area contributed by atoms with Crippen LogP contribution in [0, 0.1) is 17.1 Å². The molecular weight excluding hydrogens is 320 g/mol. The molecule has 2 N–H and O–H groups in total. The number of aromatic nitrogens is 3. The van der Waals surface area contributed by atoms with Gasteiger partial charge in [-0.15, -0.1) is 0 Å². The molecule has 0 saturated carbocycles. The van der Waals surface area contributed by atoms with Gasteiger partial charge in [-0.2, -0.15) is 5.10 Å². The summed E-state index contributed by atoms with van der Waals surface area (Å²) in [5.41, 5.74) is 2.18. The maximum absolute atomic E-state index is 12.2. The van der Waals surface area contributed by atoms with E-state index in [1.54, 1.807) is 0 Å². The van der Waals surface area contributed by atoms with E-state index in [1.165, 1.54) is 0 Å². The van der Waals surface area contributed by atoms with Gasteiger partial charge in [-0.25, -0.2) is 0 Å². The average molecular weight is 347 g/mol. The summed E-state index contributed by atoms with van der Waals surface area (Å²) in [6.45, 7) is 10.9. The van der Waals surface area contributed by atoms with Crippen molar-refractivity contribution in [2.24, 2.45) is 5.41 Å². The first kappa shape index (κ1) is 18.4. The molecule has 1 aromatic carbocycles. The number of hydrogen-bond donors (Lipinski definition) is 2. The number of hydrogen-bond acceptors (Lipinski definition) is 3. The molecule has 0 unspecified atom stereocenters. The van der Waals surface area contributed by atoms with E-state index in [9.17, 15) is 4.79 Å². The SMILES string of the molecule is Cc1cccc(-c2n[nH]c(=S)n2CCC(=O)N[C@@H](C)C(C)(C)C)c1. The topological polar surface area (TPSA) is 62.7 Å². The van der Waals surface area contributed by atoms with E-state index in [-0.39, 0.29) is 17.4 Å². The van der Waals surface area contributed by atoms with Crippen LogP contribution in [0.25, 0.3) is 11.4 Å². The number of H-pyrrole nitrogens is 1. The monoisotopic (exact) mass is 346 g/mol. The summed E-state index contributed by atoms with van der Waals surface area (Å²) < 4.78 is 2.41. The van der Waals surface area contributed by atoms with E-state index < -0.39 is 0 Å². The van der Waals surface area contributed by atoms with Crippen molar-refractivity contribution in [3.8, 4) is 11.4 Å². The molecule has 24 heavy (non-hydrogen) atoms. The molecule has 1 heterocycles. The number of rotatable bonds is 5. The molecule has 0 aliphatic heterocycles. The molecular formula is C18H26N4OS. The zero-order valence-corrected chi connectivity index (χ0v) is 15.8. The highest BCUT2D eigenvalue weighted by atomic mass is 32.1. The van der Waals surface area contributed by atoms with Crippen molar-refractivity contribution in [2.75, 3.05) is 0 Å². The Morgan fingerprint density at radius 2 is 2.12 bits per heavy atom. The minimum atomic E-state index is 0.0238. The minimum Gasteiger partial charge on any atom is -0.353 e. The highest BCUT2D eigenvalue weighted by Crippen LogP contribution is 2.20. The highest BCUT2D eigenvalue weighted by molar-refractivity contribution is 7.71. The summed E-state index contributed by atoms with van der Waals surface area (Å²) >= 11 is 5.32. The summed E-state index contributed by atoms with van der Waals surface area (Å²) in [5.74, 6) is 0.788. The summed E-state index contributed by atoms with van der Waals surface area (Å²) in [6, 6.07) is 8.19. The van der Waals surface area contributed by atoms with Gasteiger partial charge in [0.2, 0.25) is 5.91 Å². The van der Waals surface area contributed by atoms with Crippen LogP contribution in [0.4, 0.5) is 0 Å². The molecule has 0 aliphatic rings. The van der Waals surface area contributed by atoms with Crippen LogP contribution < -0.4 is 5.32 Å². The van der Waals surface area contributed by atoms with Gasteiger partial charge in [0.25, 0.3) is 0 Å². The fourth-order valence-corrected chi connectivity index (χ4v) is 2.50. The van der Waals surface area contributed by atoms with Crippen molar-refractivity contribution in [3.05, 3.63) is 34.6 Å². The van der Waals surface area contributed by atoms with Crippen molar-refractivity contribution in [1.82, 2.24) is 20.1 Å². The third-order valence-corrected chi connectivity index (χ3v) is 4.59. The second kappa shape index (κ2) is 7.30. The quantitative estimate of drug-likeness (QED) is 0.808. The standard InChI is InChI=1S/C18H26N4OS/c1-12-7-6-8-14(11-12)16-20-21-17(24)22(16)10-9-15(23)19-13(2)18(3,4)5/h6-8,11,13H,9-10H2,1-5H3,(H,19,23)(H,21,24)/t13-/m0/s1. The van der Waals surface area contributed by atoms with Crippen molar-refractivity contribution in [3.63, 3.8) is 0 Å². The number of benzene rings is 1. The van der Waals surface area contributed by atoms with Crippen molar-refractivity contribution < 1.29 is 4.79 Å². The van der Waals surface area contributed by atoms with Gasteiger partial charge in [0.05, 0.1) is 0 Å². The number of nitrogens with one attached hydrogen (secondary N) is 2. The number of carbonyl (C=O) groups excluding carboxylic acids is 1. The number of carbonyl (C=O) groups is 1. The lowest BCUT2D eigenvalue weighted by atomic mass is 9.88. The number of aromatic amines is 1. The van der Waals surface area contributed by atoms with E-state index in [1.807, 2.05) is 36.6 Å². The second-order valence-corrected chi connectivity index (χ2v) is 7.67. The Labute approximate surface area is 148 Å². The van der Waals surface area contributed by atoms with Crippen LogP contribution in [0.3, 0.4) is 0 Å². The van der Waals surface area contributed by atoms with Crippen LogP contribution in [0.5, 0.6) is 0 Å². The van der Waals surface area contributed by atoms with Gasteiger partial charge in [-0.3, -0.25) is 14.5 Å². The Bertz CT molecular complexity index is 770. The predicted octanol–water partition coefficient (Wildman–Crippen LogP) is 3.86. The molecule has 0 bridgehead atoms. The first-order valence-electron chi connectivity index (χ1n) is 8.20. The number of amides is 1. The van der Waals surface area contributed by atoms with Crippen LogP contribution in [-0.4, -0.2) is 26.7 Å². The van der Waals surface area contributed by atoms with Crippen molar-refractivity contribution in [1.29, 1.82) is 0 Å². The molecule has 1 aromatic heterocycles. The Morgan fingerprint density at radius 1 is 1.42 bits per heavy atom. The van der Waals surface area contributed by atoms with E-state index in [4.69, 9.17) is 12.2 Å². The molecule has 0 fully saturated rings. The van der Waals surface area contributed by atoms with E-state index in [0.29, 0.717) is 17.7 Å². The van der Waals surface area contributed by atoms with E-state index >= 15 is 0 Å². The Kier molecular flexibility index (Phi) is 5.59. The average Bonchev–Trinajstić information content (AvgIpc) is 2.85. The Hall–Kier alpha value is -1.95. The summed E-state index contributed by atoms with van der Waals surface area (Å²) in [4.78, 5) is 12.2. The lowest BCUT2D eigenvalue weighted by Crippen LogP contribution is -2.41. The third kappa shape index (κ3) is 4.54. The van der Waals surface area contributed by atoms with Crippen LogP contribution in [-0.2, 0) is 11.3 Å². The first-order chi connectivity index (χ1) is 11.2. The molecule has 6 heteroatoms. The molecule has 5 nitrogen and oxygen atoms in total. The summed E-state index contributed by atoms with van der Waals surface area (Å²) in [5, 5.41) is 10.2. The van der Waals surface area contributed by atoms with Gasteiger partial charge in [-0.1, -0.05) is 44.5 Å². The molecule has 2 rings (SSSR count). The zero-order chi connectivity index (χ0) is 17.9. The van der Waals surface area contributed by atoms with E-state index in [0.717, 1.165) is 17.0 Å². The summed E-state index contributed by atoms with van der Waals surface area (Å²) in [6.07, 6.45) is 0.368. The maximum atomic E-state index is 12.2. The van der Waals surface area contributed by atoms with Gasteiger partial charge in [0.1, 0.15) is 0 Å². The lowest BCUT2D eigenvalue weighted by molar-refractivity contribution is -0.122. The maximum Gasteiger partial charge on any atom is 0.222 e. The smallest absolute Gasteiger partial charge is 0.222 e. The molecule has 1 atom stereocenters. The third-order valence-electron chi connectivity index (χ3n) is 4.27. The van der Waals surface area contributed by atoms with Crippen LogP contribution in [0.2, 0.25) is 0 Å². The molecule has 0 spiro atoms. The zero-order valence-electron chi connectivity index (χ0n) is 15.0. The molecule has 2 aromatic rings. The minimum absolute atomic E-state index is 0.0238. The molecule has 130 valence electrons. The fourth-order valence-electron chi connectivity index (χ4n) is 2.27. The second-order valence-electron chi connectivity index (χ2n) is 7.28. The largest absolute Gasteiger partial charge is 0.353 e. The molecule has 0 saturated heterocycles. The van der Waals surface area contributed by atoms with Gasteiger partial charge < -0.3 is 5.32 Å². The molecule has 1 amide bonds. The van der Waals surface area contributed by atoms with Gasteiger partial charge in [-0.05, 0) is 37.5 Å². The summed E-state index contributed by atoms with van der Waals surface area (Å²) in [7, 11) is 0. The Balaban J connectivity index is 2.10. The normalized spacial score (nSPS) is 12.9. The highest BCUT2D eigenvalue weighted by Gasteiger charge is 2.21. The first-order valence-corrected chi connectivity index (χ1v) is 8.61. The number of aryl methyl sites for hydroxylation is 1. The Morgan fingerprint density at radius 3 is 2.75 bits per heavy atom. The van der Waals surface area contributed by atoms with E-state index in [2.05, 4.69) is 42.4 Å². The van der Waals surface area contributed by atoms with Gasteiger partial charge in [0, 0.05) is 24.6 Å². The van der Waals surface area contributed by atoms with Crippen LogP contribution in [0.1, 0.15) is 39.7 Å². The fraction of sp³-hybridized carbons (Fsp3) is 0.500. The number of nitrogens with zero attached hydrogens (tertiary/aromatic N) is 2. The predicted molar refractivity (Wildman–Crippen MR) is 99.3 cm³/mol. The molecule has 0 radical (unpaired) electrons. The van der Waals surface area contributed by atoms with Crippen LogP contribution in [0.15, 0.2) is 24.3 Å².